The van der Waals surface area contributed by atoms with Crippen LogP contribution in [0.4, 0.5) is 4.79 Å². The number of primary amides is 1. The molecule has 0 atom stereocenters. The van der Waals surface area contributed by atoms with Crippen LogP contribution in [0.2, 0.25) is 0 Å². The van der Waals surface area contributed by atoms with Crippen molar-refractivity contribution in [2.24, 2.45) is 5.73 Å². The van der Waals surface area contributed by atoms with E-state index in [9.17, 15) is 19.2 Å². The van der Waals surface area contributed by atoms with Gasteiger partial charge in [0.2, 0.25) is 0 Å². The Labute approximate surface area is 154 Å². The Morgan fingerprint density at radius 3 is 2.74 bits per heavy atom. The Bertz CT molecular complexity index is 966. The predicted octanol–water partition coefficient (Wildman–Crippen LogP) is 0.865. The van der Waals surface area contributed by atoms with E-state index in [0.717, 1.165) is 31.5 Å². The number of imide groups is 1. The fourth-order valence-electron chi connectivity index (χ4n) is 3.11. The molecule has 2 heterocycles. The van der Waals surface area contributed by atoms with E-state index >= 15 is 0 Å². The molecule has 1 aliphatic rings. The van der Waals surface area contributed by atoms with E-state index in [2.05, 4.69) is 4.98 Å². The Morgan fingerprint density at radius 1 is 1.19 bits per heavy atom. The topological polar surface area (TPSA) is 133 Å². The maximum atomic E-state index is 12.7. The molecule has 27 heavy (non-hydrogen) atoms. The van der Waals surface area contributed by atoms with Gasteiger partial charge in [-0.3, -0.25) is 19.5 Å². The summed E-state index contributed by atoms with van der Waals surface area (Å²) in [4.78, 5) is 51.3. The number of esters is 1. The third kappa shape index (κ3) is 4.30. The molecule has 0 bridgehead atoms. The summed E-state index contributed by atoms with van der Waals surface area (Å²) in [5.41, 5.74) is 5.28. The first-order valence-electron chi connectivity index (χ1n) is 8.75. The summed E-state index contributed by atoms with van der Waals surface area (Å²) in [7, 11) is 0. The van der Waals surface area contributed by atoms with Crippen molar-refractivity contribution in [1.82, 2.24) is 14.9 Å². The SMILES string of the molecule is NC(=O)NC(=O)COC(=O)c1ccc2c(=O)n3c(nc2c1)CCCCCC3. The number of nitrogens with zero attached hydrogens (tertiary/aromatic N) is 2. The van der Waals surface area contributed by atoms with Crippen molar-refractivity contribution in [2.45, 2.75) is 38.6 Å². The zero-order chi connectivity index (χ0) is 19.4. The number of hydrogen-bond acceptors (Lipinski definition) is 6. The highest BCUT2D eigenvalue weighted by molar-refractivity contribution is 5.97. The second-order valence-electron chi connectivity index (χ2n) is 6.37. The van der Waals surface area contributed by atoms with Crippen LogP contribution < -0.4 is 16.6 Å². The average molecular weight is 372 g/mol. The molecule has 2 aromatic rings. The molecule has 1 aliphatic heterocycles. The first-order chi connectivity index (χ1) is 13.0. The second kappa shape index (κ2) is 7.98. The highest BCUT2D eigenvalue weighted by Crippen LogP contribution is 2.16. The third-order valence-corrected chi connectivity index (χ3v) is 4.40. The number of benzene rings is 1. The molecular formula is C18H20N4O5. The van der Waals surface area contributed by atoms with E-state index in [1.54, 1.807) is 9.88 Å². The van der Waals surface area contributed by atoms with Crippen LogP contribution >= 0.6 is 0 Å². The van der Waals surface area contributed by atoms with Gasteiger partial charge in [0.15, 0.2) is 6.61 Å². The van der Waals surface area contributed by atoms with Crippen LogP contribution in [0.1, 0.15) is 41.9 Å². The molecule has 3 rings (SSSR count). The molecular weight excluding hydrogens is 352 g/mol. The Morgan fingerprint density at radius 2 is 1.96 bits per heavy atom. The maximum absolute atomic E-state index is 12.7. The summed E-state index contributed by atoms with van der Waals surface area (Å²) >= 11 is 0. The van der Waals surface area contributed by atoms with Gasteiger partial charge in [0, 0.05) is 13.0 Å². The number of fused-ring (bicyclic) bond motifs is 2. The first kappa shape index (κ1) is 18.6. The van der Waals surface area contributed by atoms with E-state index < -0.39 is 24.5 Å². The number of carbonyl (C=O) groups excluding carboxylic acids is 3. The quantitative estimate of drug-likeness (QED) is 0.768. The summed E-state index contributed by atoms with van der Waals surface area (Å²) in [6, 6.07) is 3.44. The van der Waals surface area contributed by atoms with Crippen molar-refractivity contribution in [3.05, 3.63) is 39.9 Å². The van der Waals surface area contributed by atoms with E-state index in [1.807, 2.05) is 0 Å². The first-order valence-corrected chi connectivity index (χ1v) is 8.75. The maximum Gasteiger partial charge on any atom is 0.338 e. The van der Waals surface area contributed by atoms with Crippen molar-refractivity contribution >= 4 is 28.8 Å². The molecule has 0 saturated carbocycles. The summed E-state index contributed by atoms with van der Waals surface area (Å²) in [5.74, 6) is -0.863. The highest BCUT2D eigenvalue weighted by Gasteiger charge is 2.16. The number of ether oxygens (including phenoxy) is 1. The van der Waals surface area contributed by atoms with E-state index in [0.29, 0.717) is 23.9 Å². The standard InChI is InChI=1S/C18H20N4O5/c19-18(26)21-15(23)10-27-17(25)11-6-7-12-13(9-11)20-14-5-3-1-2-4-8-22(14)16(12)24/h6-7,9H,1-5,8,10H2,(H3,19,21,23,26). The minimum absolute atomic E-state index is 0.113. The minimum atomic E-state index is -1.03. The number of aromatic nitrogens is 2. The van der Waals surface area contributed by atoms with Gasteiger partial charge in [-0.2, -0.15) is 0 Å². The molecule has 3 amide bonds. The molecule has 0 radical (unpaired) electrons. The van der Waals surface area contributed by atoms with Gasteiger partial charge in [-0.15, -0.1) is 0 Å². The number of nitrogens with two attached hydrogens (primary N) is 1. The number of hydrogen-bond donors (Lipinski definition) is 2. The van der Waals surface area contributed by atoms with E-state index in [1.165, 1.54) is 18.2 Å². The molecule has 0 aliphatic carbocycles. The van der Waals surface area contributed by atoms with Crippen molar-refractivity contribution in [3.63, 3.8) is 0 Å². The van der Waals surface area contributed by atoms with Crippen LogP contribution in [-0.2, 0) is 22.5 Å². The number of amides is 3. The fourth-order valence-corrected chi connectivity index (χ4v) is 3.11. The van der Waals surface area contributed by atoms with Gasteiger partial charge in [-0.25, -0.2) is 14.6 Å². The molecule has 0 unspecified atom stereocenters. The lowest BCUT2D eigenvalue weighted by atomic mass is 10.1. The monoisotopic (exact) mass is 372 g/mol. The third-order valence-electron chi connectivity index (χ3n) is 4.40. The van der Waals surface area contributed by atoms with Crippen LogP contribution in [0.25, 0.3) is 10.9 Å². The van der Waals surface area contributed by atoms with Gasteiger partial charge in [0.05, 0.1) is 16.5 Å². The van der Waals surface area contributed by atoms with Crippen molar-refractivity contribution in [2.75, 3.05) is 6.61 Å². The van der Waals surface area contributed by atoms with Gasteiger partial charge in [0.25, 0.3) is 11.5 Å². The zero-order valence-electron chi connectivity index (χ0n) is 14.7. The smallest absolute Gasteiger partial charge is 0.338 e. The van der Waals surface area contributed by atoms with Crippen LogP contribution in [0.15, 0.2) is 23.0 Å². The van der Waals surface area contributed by atoms with Crippen LogP contribution in [0.3, 0.4) is 0 Å². The molecule has 9 nitrogen and oxygen atoms in total. The molecule has 1 aromatic heterocycles. The molecule has 0 spiro atoms. The molecule has 3 N–H and O–H groups in total. The molecule has 0 saturated heterocycles. The summed E-state index contributed by atoms with van der Waals surface area (Å²) < 4.78 is 6.57. The molecule has 142 valence electrons. The lowest BCUT2D eigenvalue weighted by molar-refractivity contribution is -0.123. The molecule has 0 fully saturated rings. The average Bonchev–Trinajstić information content (AvgIpc) is 2.60. The van der Waals surface area contributed by atoms with Crippen LogP contribution in [-0.4, -0.2) is 34.1 Å². The van der Waals surface area contributed by atoms with Gasteiger partial charge < -0.3 is 10.5 Å². The number of rotatable bonds is 3. The lowest BCUT2D eigenvalue weighted by Crippen LogP contribution is -2.37. The van der Waals surface area contributed by atoms with Crippen molar-refractivity contribution in [1.29, 1.82) is 0 Å². The van der Waals surface area contributed by atoms with Crippen molar-refractivity contribution < 1.29 is 19.1 Å². The highest BCUT2D eigenvalue weighted by atomic mass is 16.5. The number of nitrogens with one attached hydrogen (secondary N) is 1. The number of carbonyl (C=O) groups is 3. The van der Waals surface area contributed by atoms with E-state index in [-0.39, 0.29) is 11.1 Å². The number of aryl methyl sites for hydroxylation is 1. The van der Waals surface area contributed by atoms with Gasteiger partial charge in [0.1, 0.15) is 5.82 Å². The van der Waals surface area contributed by atoms with Gasteiger partial charge in [-0.05, 0) is 31.0 Å². The van der Waals surface area contributed by atoms with Gasteiger partial charge in [-0.1, -0.05) is 12.8 Å². The zero-order valence-corrected chi connectivity index (χ0v) is 14.7. The lowest BCUT2D eigenvalue weighted by Gasteiger charge is -2.16. The summed E-state index contributed by atoms with van der Waals surface area (Å²) in [6.07, 6.45) is 4.82. The minimum Gasteiger partial charge on any atom is -0.452 e. The summed E-state index contributed by atoms with van der Waals surface area (Å²) in [5, 5.41) is 2.23. The van der Waals surface area contributed by atoms with Crippen molar-refractivity contribution in [3.8, 4) is 0 Å². The number of urea groups is 1. The predicted molar refractivity (Wildman–Crippen MR) is 96.2 cm³/mol. The Kier molecular flexibility index (Phi) is 5.49. The van der Waals surface area contributed by atoms with E-state index in [4.69, 9.17) is 10.5 Å². The van der Waals surface area contributed by atoms with Gasteiger partial charge >= 0.3 is 12.0 Å². The largest absolute Gasteiger partial charge is 0.452 e. The second-order valence-corrected chi connectivity index (χ2v) is 6.37. The van der Waals surface area contributed by atoms with Crippen LogP contribution in [0.5, 0.6) is 0 Å². The Balaban J connectivity index is 1.85. The Hall–Kier alpha value is -3.23. The fraction of sp³-hybridized carbons (Fsp3) is 0.389. The summed E-state index contributed by atoms with van der Waals surface area (Å²) in [6.45, 7) is 0.00988. The van der Waals surface area contributed by atoms with Crippen LogP contribution in [0, 0.1) is 0 Å². The normalized spacial score (nSPS) is 13.9. The molecule has 1 aromatic carbocycles. The molecule has 9 heteroatoms.